The Kier molecular flexibility index (Phi) is 3.43. The van der Waals surface area contributed by atoms with Gasteiger partial charge in [0.1, 0.15) is 5.82 Å². The molecule has 0 unspecified atom stereocenters. The lowest BCUT2D eigenvalue weighted by Gasteiger charge is -2.31. The summed E-state index contributed by atoms with van der Waals surface area (Å²) in [6.07, 6.45) is 2.62. The molecule has 1 fully saturated rings. The van der Waals surface area contributed by atoms with Crippen molar-refractivity contribution in [3.8, 4) is 0 Å². The van der Waals surface area contributed by atoms with Crippen LogP contribution in [0.4, 0.5) is 10.9 Å². The van der Waals surface area contributed by atoms with E-state index >= 15 is 0 Å². The highest BCUT2D eigenvalue weighted by atomic mass is 32.1. The number of aromatic nitrogens is 1. The zero-order valence-corrected chi connectivity index (χ0v) is 9.80. The summed E-state index contributed by atoms with van der Waals surface area (Å²) in [6.45, 7) is 4.91. The summed E-state index contributed by atoms with van der Waals surface area (Å²) in [7, 11) is 0. The molecule has 84 valence electrons. The Morgan fingerprint density at radius 2 is 2.33 bits per heavy atom. The van der Waals surface area contributed by atoms with Gasteiger partial charge in [-0.05, 0) is 19.8 Å². The third-order valence-electron chi connectivity index (χ3n) is 2.62. The SMILES string of the molecule is CCOC1CCN(c2nc(N)cs2)CC1. The molecule has 5 heteroatoms. The Labute approximate surface area is 94.1 Å². The Balaban J connectivity index is 1.88. The smallest absolute Gasteiger partial charge is 0.187 e. The zero-order valence-electron chi connectivity index (χ0n) is 8.98. The van der Waals surface area contributed by atoms with E-state index in [0.29, 0.717) is 11.9 Å². The summed E-state index contributed by atoms with van der Waals surface area (Å²) < 4.78 is 5.60. The predicted molar refractivity (Wildman–Crippen MR) is 63.4 cm³/mol. The van der Waals surface area contributed by atoms with Crippen molar-refractivity contribution in [3.05, 3.63) is 5.38 Å². The number of nitrogen functional groups attached to an aromatic ring is 1. The molecule has 0 aromatic carbocycles. The molecule has 0 radical (unpaired) electrons. The quantitative estimate of drug-likeness (QED) is 0.854. The second kappa shape index (κ2) is 4.81. The molecule has 1 aromatic rings. The average molecular weight is 227 g/mol. The van der Waals surface area contributed by atoms with Gasteiger partial charge in [0, 0.05) is 25.1 Å². The predicted octanol–water partition coefficient (Wildman–Crippen LogP) is 1.73. The molecule has 1 saturated heterocycles. The maximum atomic E-state index is 5.61. The van der Waals surface area contributed by atoms with Crippen LogP contribution >= 0.6 is 11.3 Å². The summed E-state index contributed by atoms with van der Waals surface area (Å²) in [5.41, 5.74) is 5.61. The molecule has 2 N–H and O–H groups in total. The molecule has 1 aliphatic rings. The van der Waals surface area contributed by atoms with Crippen LogP contribution in [0.15, 0.2) is 5.38 Å². The molecule has 15 heavy (non-hydrogen) atoms. The van der Waals surface area contributed by atoms with Crippen molar-refractivity contribution >= 4 is 22.3 Å². The maximum Gasteiger partial charge on any atom is 0.187 e. The second-order valence-corrected chi connectivity index (χ2v) is 4.53. The molecule has 2 rings (SSSR count). The van der Waals surface area contributed by atoms with Crippen molar-refractivity contribution in [2.45, 2.75) is 25.9 Å². The lowest BCUT2D eigenvalue weighted by Crippen LogP contribution is -2.37. The van der Waals surface area contributed by atoms with E-state index in [1.54, 1.807) is 11.3 Å². The van der Waals surface area contributed by atoms with Crippen LogP contribution in [0.3, 0.4) is 0 Å². The van der Waals surface area contributed by atoms with Gasteiger partial charge in [-0.1, -0.05) is 0 Å². The van der Waals surface area contributed by atoms with Crippen molar-refractivity contribution < 1.29 is 4.74 Å². The van der Waals surface area contributed by atoms with Gasteiger partial charge < -0.3 is 15.4 Å². The second-order valence-electron chi connectivity index (χ2n) is 3.70. The lowest BCUT2D eigenvalue weighted by atomic mass is 10.1. The molecular formula is C10H17N3OS. The molecule has 0 saturated carbocycles. The Morgan fingerprint density at radius 1 is 1.60 bits per heavy atom. The van der Waals surface area contributed by atoms with Gasteiger partial charge in [-0.25, -0.2) is 4.98 Å². The van der Waals surface area contributed by atoms with Crippen LogP contribution in [-0.2, 0) is 4.74 Å². The minimum absolute atomic E-state index is 0.434. The molecule has 0 spiro atoms. The van der Waals surface area contributed by atoms with Crippen LogP contribution in [0, 0.1) is 0 Å². The number of nitrogens with zero attached hydrogens (tertiary/aromatic N) is 2. The largest absolute Gasteiger partial charge is 0.383 e. The molecule has 2 heterocycles. The van der Waals surface area contributed by atoms with E-state index in [4.69, 9.17) is 10.5 Å². The molecule has 0 atom stereocenters. The highest BCUT2D eigenvalue weighted by molar-refractivity contribution is 7.14. The van der Waals surface area contributed by atoms with E-state index in [0.717, 1.165) is 37.7 Å². The fraction of sp³-hybridized carbons (Fsp3) is 0.700. The van der Waals surface area contributed by atoms with Gasteiger partial charge in [0.25, 0.3) is 0 Å². The first-order chi connectivity index (χ1) is 7.29. The first-order valence-electron chi connectivity index (χ1n) is 5.37. The van der Waals surface area contributed by atoms with Gasteiger partial charge in [0.2, 0.25) is 0 Å². The number of hydrogen-bond acceptors (Lipinski definition) is 5. The van der Waals surface area contributed by atoms with Crippen molar-refractivity contribution in [1.82, 2.24) is 4.98 Å². The lowest BCUT2D eigenvalue weighted by molar-refractivity contribution is 0.0459. The summed E-state index contributed by atoms with van der Waals surface area (Å²) in [5.74, 6) is 0.627. The average Bonchev–Trinajstić information content (AvgIpc) is 2.67. The van der Waals surface area contributed by atoms with Crippen molar-refractivity contribution in [2.24, 2.45) is 0 Å². The molecule has 1 aromatic heterocycles. The highest BCUT2D eigenvalue weighted by Crippen LogP contribution is 2.25. The van der Waals surface area contributed by atoms with Gasteiger partial charge >= 0.3 is 0 Å². The summed E-state index contributed by atoms with van der Waals surface area (Å²) in [5, 5.41) is 2.94. The van der Waals surface area contributed by atoms with E-state index in [1.165, 1.54) is 0 Å². The third kappa shape index (κ3) is 2.60. The van der Waals surface area contributed by atoms with Crippen molar-refractivity contribution in [2.75, 3.05) is 30.3 Å². The van der Waals surface area contributed by atoms with Crippen molar-refractivity contribution in [3.63, 3.8) is 0 Å². The Morgan fingerprint density at radius 3 is 2.87 bits per heavy atom. The minimum Gasteiger partial charge on any atom is -0.383 e. The van der Waals surface area contributed by atoms with E-state index in [-0.39, 0.29) is 0 Å². The number of thiazole rings is 1. The number of anilines is 2. The normalized spacial score (nSPS) is 18.3. The minimum atomic E-state index is 0.434. The number of nitrogens with two attached hydrogens (primary N) is 1. The number of piperidine rings is 1. The maximum absolute atomic E-state index is 5.61. The summed E-state index contributed by atoms with van der Waals surface area (Å²) in [4.78, 5) is 6.58. The van der Waals surface area contributed by atoms with Gasteiger partial charge in [-0.2, -0.15) is 0 Å². The van der Waals surface area contributed by atoms with Gasteiger partial charge in [0.15, 0.2) is 5.13 Å². The summed E-state index contributed by atoms with van der Waals surface area (Å²) in [6, 6.07) is 0. The number of ether oxygens (including phenoxy) is 1. The highest BCUT2D eigenvalue weighted by Gasteiger charge is 2.20. The van der Waals surface area contributed by atoms with Crippen LogP contribution < -0.4 is 10.6 Å². The molecule has 1 aliphatic heterocycles. The standard InChI is InChI=1S/C10H17N3OS/c1-2-14-8-3-5-13(6-4-8)10-12-9(11)7-15-10/h7-8H,2-6,11H2,1H3. The van der Waals surface area contributed by atoms with Crippen LogP contribution in [0.25, 0.3) is 0 Å². The zero-order chi connectivity index (χ0) is 10.7. The monoisotopic (exact) mass is 227 g/mol. The van der Waals surface area contributed by atoms with Gasteiger partial charge in [0.05, 0.1) is 6.10 Å². The van der Waals surface area contributed by atoms with Crippen LogP contribution in [-0.4, -0.2) is 30.8 Å². The summed E-state index contributed by atoms with van der Waals surface area (Å²) >= 11 is 1.62. The van der Waals surface area contributed by atoms with E-state index in [2.05, 4.69) is 9.88 Å². The van der Waals surface area contributed by atoms with Crippen LogP contribution in [0.2, 0.25) is 0 Å². The number of rotatable bonds is 3. The molecule has 0 amide bonds. The van der Waals surface area contributed by atoms with Crippen LogP contribution in [0.5, 0.6) is 0 Å². The fourth-order valence-corrected chi connectivity index (χ4v) is 2.64. The van der Waals surface area contributed by atoms with E-state index in [1.807, 2.05) is 12.3 Å². The fourth-order valence-electron chi connectivity index (χ4n) is 1.87. The first-order valence-corrected chi connectivity index (χ1v) is 6.25. The third-order valence-corrected chi connectivity index (χ3v) is 3.54. The molecular weight excluding hydrogens is 210 g/mol. The molecule has 0 aliphatic carbocycles. The Bertz CT molecular complexity index is 307. The first kappa shape index (κ1) is 10.7. The van der Waals surface area contributed by atoms with Crippen molar-refractivity contribution in [1.29, 1.82) is 0 Å². The van der Waals surface area contributed by atoms with Gasteiger partial charge in [-0.3, -0.25) is 0 Å². The van der Waals surface area contributed by atoms with E-state index < -0.39 is 0 Å². The van der Waals surface area contributed by atoms with Crippen LogP contribution in [0.1, 0.15) is 19.8 Å². The molecule has 4 nitrogen and oxygen atoms in total. The van der Waals surface area contributed by atoms with E-state index in [9.17, 15) is 0 Å². The Hall–Kier alpha value is -0.810. The van der Waals surface area contributed by atoms with Gasteiger partial charge in [-0.15, -0.1) is 11.3 Å². The molecule has 0 bridgehead atoms. The topological polar surface area (TPSA) is 51.4 Å². The number of hydrogen-bond donors (Lipinski definition) is 1.